The largest absolute Gasteiger partial charge is 0.299 e. The van der Waals surface area contributed by atoms with Gasteiger partial charge in [0, 0.05) is 24.3 Å². The van der Waals surface area contributed by atoms with Crippen LogP contribution in [0.1, 0.15) is 115 Å². The van der Waals surface area contributed by atoms with E-state index in [0.29, 0.717) is 24.0 Å². The highest BCUT2D eigenvalue weighted by atomic mass is 16.1. The predicted molar refractivity (Wildman–Crippen MR) is 131 cm³/mol. The number of aryl methyl sites for hydroxylation is 2. The molecule has 0 aliphatic heterocycles. The Bertz CT molecular complexity index is 949. The summed E-state index contributed by atoms with van der Waals surface area (Å²) in [4.78, 5) is 24.5. The molecule has 2 aromatic carbocycles. The standard InChI is InChI=1S/C30H38O2/c1-21-8-3-5-11-27(21)23-14-16-24(17-15-23)28-19-18-26(20-22(28)2)30(32)12-6-4-9-25-10-7-13-29(25)31/h3,5,8,11,18-20,23-25H,4,6-7,9-10,12-17H2,1-2H3. The summed E-state index contributed by atoms with van der Waals surface area (Å²) in [5, 5.41) is 0. The van der Waals surface area contributed by atoms with Crippen LogP contribution in [0.5, 0.6) is 0 Å². The third-order valence-corrected chi connectivity index (χ3v) is 8.02. The van der Waals surface area contributed by atoms with E-state index in [2.05, 4.69) is 56.3 Å². The molecule has 0 N–H and O–H groups in total. The number of ketones is 2. The second-order valence-corrected chi connectivity index (χ2v) is 10.2. The molecule has 4 rings (SSSR count). The smallest absolute Gasteiger partial charge is 0.162 e. The van der Waals surface area contributed by atoms with Gasteiger partial charge in [0.05, 0.1) is 0 Å². The van der Waals surface area contributed by atoms with E-state index in [9.17, 15) is 9.59 Å². The Balaban J connectivity index is 1.28. The highest BCUT2D eigenvalue weighted by Gasteiger charge is 2.26. The lowest BCUT2D eigenvalue weighted by Gasteiger charge is -2.31. The average Bonchev–Trinajstić information content (AvgIpc) is 3.21. The zero-order valence-electron chi connectivity index (χ0n) is 19.9. The molecule has 1 unspecified atom stereocenters. The zero-order valence-corrected chi connectivity index (χ0v) is 19.9. The molecule has 2 aliphatic carbocycles. The summed E-state index contributed by atoms with van der Waals surface area (Å²) >= 11 is 0. The van der Waals surface area contributed by atoms with Crippen molar-refractivity contribution in [1.29, 1.82) is 0 Å². The van der Waals surface area contributed by atoms with Crippen molar-refractivity contribution in [3.63, 3.8) is 0 Å². The Kier molecular flexibility index (Phi) is 7.60. The number of Topliss-reactive ketones (excluding diaryl/α,β-unsaturated/α-hetero) is 2. The van der Waals surface area contributed by atoms with E-state index in [0.717, 1.165) is 44.1 Å². The summed E-state index contributed by atoms with van der Waals surface area (Å²) in [5.74, 6) is 2.26. The molecule has 0 bridgehead atoms. The van der Waals surface area contributed by atoms with E-state index in [1.54, 1.807) is 0 Å². The van der Waals surface area contributed by atoms with Crippen molar-refractivity contribution in [3.05, 3.63) is 70.3 Å². The second kappa shape index (κ2) is 10.6. The van der Waals surface area contributed by atoms with Gasteiger partial charge < -0.3 is 0 Å². The fraction of sp³-hybridized carbons (Fsp3) is 0.533. The van der Waals surface area contributed by atoms with Crippen molar-refractivity contribution in [2.45, 2.75) is 96.3 Å². The maximum Gasteiger partial charge on any atom is 0.162 e. The Morgan fingerprint density at radius 3 is 2.16 bits per heavy atom. The topological polar surface area (TPSA) is 34.1 Å². The first-order chi connectivity index (χ1) is 15.5. The lowest BCUT2D eigenvalue weighted by atomic mass is 9.74. The van der Waals surface area contributed by atoms with Gasteiger partial charge in [0.2, 0.25) is 0 Å². The van der Waals surface area contributed by atoms with Crippen molar-refractivity contribution >= 4 is 11.6 Å². The molecular formula is C30H38O2. The normalized spacial score (nSPS) is 23.4. The lowest BCUT2D eigenvalue weighted by Crippen LogP contribution is -2.14. The van der Waals surface area contributed by atoms with Gasteiger partial charge in [-0.15, -0.1) is 0 Å². The minimum atomic E-state index is 0.251. The Hall–Kier alpha value is -2.22. The zero-order chi connectivity index (χ0) is 22.5. The number of hydrogen-bond donors (Lipinski definition) is 0. The summed E-state index contributed by atoms with van der Waals surface area (Å²) in [7, 11) is 0. The van der Waals surface area contributed by atoms with Gasteiger partial charge in [-0.3, -0.25) is 9.59 Å². The predicted octanol–water partition coefficient (Wildman–Crippen LogP) is 7.86. The van der Waals surface area contributed by atoms with Crippen LogP contribution in [0.3, 0.4) is 0 Å². The molecule has 2 heteroatoms. The van der Waals surface area contributed by atoms with Crippen molar-refractivity contribution in [1.82, 2.24) is 0 Å². The van der Waals surface area contributed by atoms with Crippen LogP contribution >= 0.6 is 0 Å². The van der Waals surface area contributed by atoms with Crippen LogP contribution in [-0.4, -0.2) is 11.6 Å². The molecule has 2 fully saturated rings. The van der Waals surface area contributed by atoms with Gasteiger partial charge in [-0.05, 0) is 105 Å². The Labute approximate surface area is 193 Å². The average molecular weight is 431 g/mol. The molecule has 0 spiro atoms. The van der Waals surface area contributed by atoms with E-state index in [1.807, 2.05) is 0 Å². The van der Waals surface area contributed by atoms with Crippen LogP contribution in [-0.2, 0) is 4.79 Å². The first-order valence-corrected chi connectivity index (χ1v) is 12.7. The van der Waals surface area contributed by atoms with Gasteiger partial charge in [0.25, 0.3) is 0 Å². The number of benzene rings is 2. The number of unbranched alkanes of at least 4 members (excludes halogenated alkanes) is 1. The monoisotopic (exact) mass is 430 g/mol. The van der Waals surface area contributed by atoms with Crippen molar-refractivity contribution in [2.24, 2.45) is 5.92 Å². The van der Waals surface area contributed by atoms with E-state index < -0.39 is 0 Å². The van der Waals surface area contributed by atoms with Gasteiger partial charge in [-0.25, -0.2) is 0 Å². The molecule has 0 saturated heterocycles. The van der Waals surface area contributed by atoms with Crippen molar-refractivity contribution in [2.75, 3.05) is 0 Å². The minimum absolute atomic E-state index is 0.251. The van der Waals surface area contributed by atoms with Crippen LogP contribution < -0.4 is 0 Å². The Morgan fingerprint density at radius 2 is 1.53 bits per heavy atom. The molecule has 0 aromatic heterocycles. The van der Waals surface area contributed by atoms with E-state index in [1.165, 1.54) is 47.9 Å². The van der Waals surface area contributed by atoms with Crippen LogP contribution in [0.25, 0.3) is 0 Å². The molecule has 2 aliphatic rings. The quantitative estimate of drug-likeness (QED) is 0.315. The van der Waals surface area contributed by atoms with Crippen LogP contribution in [0.4, 0.5) is 0 Å². The highest BCUT2D eigenvalue weighted by Crippen LogP contribution is 2.42. The number of carbonyl (C=O) groups is 2. The number of carbonyl (C=O) groups excluding carboxylic acids is 2. The third-order valence-electron chi connectivity index (χ3n) is 8.02. The number of hydrogen-bond acceptors (Lipinski definition) is 2. The molecule has 2 saturated carbocycles. The van der Waals surface area contributed by atoms with Crippen LogP contribution in [0.15, 0.2) is 42.5 Å². The molecule has 0 radical (unpaired) electrons. The molecular weight excluding hydrogens is 392 g/mol. The van der Waals surface area contributed by atoms with E-state index in [-0.39, 0.29) is 11.7 Å². The minimum Gasteiger partial charge on any atom is -0.299 e. The summed E-state index contributed by atoms with van der Waals surface area (Å²) < 4.78 is 0. The molecule has 1 atom stereocenters. The maximum atomic E-state index is 12.7. The highest BCUT2D eigenvalue weighted by molar-refractivity contribution is 5.96. The summed E-state index contributed by atoms with van der Waals surface area (Å²) in [5.41, 5.74) is 6.51. The van der Waals surface area contributed by atoms with Crippen LogP contribution in [0.2, 0.25) is 0 Å². The molecule has 2 nitrogen and oxygen atoms in total. The van der Waals surface area contributed by atoms with E-state index >= 15 is 0 Å². The summed E-state index contributed by atoms with van der Waals surface area (Å²) in [6.45, 7) is 4.40. The van der Waals surface area contributed by atoms with Gasteiger partial charge in [-0.1, -0.05) is 42.8 Å². The summed E-state index contributed by atoms with van der Waals surface area (Å²) in [6.07, 6.45) is 11.3. The molecule has 2 aromatic rings. The van der Waals surface area contributed by atoms with E-state index in [4.69, 9.17) is 0 Å². The van der Waals surface area contributed by atoms with Gasteiger partial charge in [0.1, 0.15) is 5.78 Å². The summed E-state index contributed by atoms with van der Waals surface area (Å²) in [6, 6.07) is 15.2. The molecule has 0 amide bonds. The fourth-order valence-electron chi connectivity index (χ4n) is 6.08. The van der Waals surface area contributed by atoms with Gasteiger partial charge >= 0.3 is 0 Å². The first-order valence-electron chi connectivity index (χ1n) is 12.7. The fourth-order valence-corrected chi connectivity index (χ4v) is 6.08. The lowest BCUT2D eigenvalue weighted by molar-refractivity contribution is -0.120. The molecule has 0 heterocycles. The Morgan fingerprint density at radius 1 is 0.844 bits per heavy atom. The third kappa shape index (κ3) is 5.39. The SMILES string of the molecule is Cc1ccccc1C1CCC(c2ccc(C(=O)CCCCC3CCCC3=O)cc2C)CC1. The van der Waals surface area contributed by atoms with Crippen molar-refractivity contribution in [3.8, 4) is 0 Å². The second-order valence-electron chi connectivity index (χ2n) is 10.2. The van der Waals surface area contributed by atoms with Gasteiger partial charge in [-0.2, -0.15) is 0 Å². The van der Waals surface area contributed by atoms with Gasteiger partial charge in [0.15, 0.2) is 5.78 Å². The molecule has 170 valence electrons. The molecule has 32 heavy (non-hydrogen) atoms. The maximum absolute atomic E-state index is 12.7. The van der Waals surface area contributed by atoms with Crippen molar-refractivity contribution < 1.29 is 9.59 Å². The van der Waals surface area contributed by atoms with Crippen LogP contribution in [0, 0.1) is 19.8 Å². The first kappa shape index (κ1) is 23.0. The number of rotatable bonds is 8.